The van der Waals surface area contributed by atoms with Gasteiger partial charge in [-0.1, -0.05) is 18.9 Å². The van der Waals surface area contributed by atoms with E-state index < -0.39 is 12.0 Å². The summed E-state index contributed by atoms with van der Waals surface area (Å²) in [5.41, 5.74) is 7.39. The molecule has 1 atom stereocenters. The Labute approximate surface area is 135 Å². The number of Topliss-reactive ketones (excluding diaryl/α,β-unsaturated/α-hetero) is 1. The van der Waals surface area contributed by atoms with Gasteiger partial charge in [-0.2, -0.15) is 0 Å². The Balaban J connectivity index is 2.33. The molecule has 0 spiro atoms. The number of methoxy groups -OCH3 is 1. The molecule has 0 bridgehead atoms. The van der Waals surface area contributed by atoms with E-state index in [2.05, 4.69) is 5.32 Å². The van der Waals surface area contributed by atoms with E-state index in [0.29, 0.717) is 29.7 Å². The number of amides is 1. The van der Waals surface area contributed by atoms with Gasteiger partial charge in [0.25, 0.3) is 0 Å². The van der Waals surface area contributed by atoms with Crippen molar-refractivity contribution in [3.63, 3.8) is 0 Å². The molecule has 2 rings (SSSR count). The smallest absolute Gasteiger partial charge is 0.337 e. The zero-order valence-electron chi connectivity index (χ0n) is 13.3. The number of carbonyl (C=O) groups excluding carboxylic acids is 3. The maximum atomic E-state index is 12.2. The van der Waals surface area contributed by atoms with Gasteiger partial charge in [0.1, 0.15) is 0 Å². The van der Waals surface area contributed by atoms with Crippen molar-refractivity contribution < 1.29 is 19.1 Å². The number of hydrogen-bond acceptors (Lipinski definition) is 5. The molecule has 0 fully saturated rings. The van der Waals surface area contributed by atoms with Gasteiger partial charge in [0.15, 0.2) is 5.78 Å². The van der Waals surface area contributed by atoms with Crippen LogP contribution in [0.25, 0.3) is 0 Å². The standard InChI is InChI=1S/C17H22N2O4/c1-23-17(22)12-8-7-11-10-15(20)13(18)5-3-2-4-6-16(21)19-14(11)9-12/h7-9,13H,2-6,10,18H2,1H3,(H,19,21)/t13-/m0/s1. The van der Waals surface area contributed by atoms with Crippen LogP contribution in [0.5, 0.6) is 0 Å². The van der Waals surface area contributed by atoms with Gasteiger partial charge in [0.2, 0.25) is 5.91 Å². The van der Waals surface area contributed by atoms with Crippen LogP contribution in [-0.2, 0) is 20.7 Å². The maximum Gasteiger partial charge on any atom is 0.337 e. The third kappa shape index (κ3) is 4.63. The number of benzene rings is 1. The second kappa shape index (κ2) is 7.87. The number of ketones is 1. The number of rotatable bonds is 1. The fourth-order valence-electron chi connectivity index (χ4n) is 2.61. The first-order chi connectivity index (χ1) is 11.0. The number of hydrogen-bond donors (Lipinski definition) is 2. The van der Waals surface area contributed by atoms with Crippen molar-refractivity contribution in [2.45, 2.75) is 44.6 Å². The average molecular weight is 318 g/mol. The van der Waals surface area contributed by atoms with E-state index in [1.165, 1.54) is 7.11 Å². The largest absolute Gasteiger partial charge is 0.465 e. The molecule has 1 amide bonds. The lowest BCUT2D eigenvalue weighted by atomic mass is 9.96. The summed E-state index contributed by atoms with van der Waals surface area (Å²) in [6, 6.07) is 4.31. The highest BCUT2D eigenvalue weighted by Crippen LogP contribution is 2.22. The molecule has 124 valence electrons. The molecule has 23 heavy (non-hydrogen) atoms. The normalized spacial score (nSPS) is 19.8. The predicted octanol–water partition coefficient (Wildman–Crippen LogP) is 1.81. The Kier molecular flexibility index (Phi) is 5.87. The third-order valence-electron chi connectivity index (χ3n) is 4.00. The first-order valence-corrected chi connectivity index (χ1v) is 7.80. The lowest BCUT2D eigenvalue weighted by molar-refractivity contribution is -0.120. The van der Waals surface area contributed by atoms with Gasteiger partial charge in [0.05, 0.1) is 18.7 Å². The van der Waals surface area contributed by atoms with Crippen molar-refractivity contribution in [1.29, 1.82) is 0 Å². The Morgan fingerprint density at radius 2 is 2.04 bits per heavy atom. The summed E-state index contributed by atoms with van der Waals surface area (Å²) in [7, 11) is 1.29. The van der Waals surface area contributed by atoms with E-state index in [4.69, 9.17) is 10.5 Å². The molecule has 0 radical (unpaired) electrons. The van der Waals surface area contributed by atoms with Crippen LogP contribution < -0.4 is 11.1 Å². The monoisotopic (exact) mass is 318 g/mol. The van der Waals surface area contributed by atoms with E-state index >= 15 is 0 Å². The topological polar surface area (TPSA) is 98.5 Å². The molecule has 6 heteroatoms. The zero-order valence-corrected chi connectivity index (χ0v) is 13.3. The van der Waals surface area contributed by atoms with Crippen LogP contribution >= 0.6 is 0 Å². The molecule has 0 saturated carbocycles. The number of fused-ring (bicyclic) bond motifs is 1. The Morgan fingerprint density at radius 3 is 2.78 bits per heavy atom. The van der Waals surface area contributed by atoms with Gasteiger partial charge in [0, 0.05) is 18.5 Å². The minimum absolute atomic E-state index is 0.0631. The minimum Gasteiger partial charge on any atom is -0.465 e. The summed E-state index contributed by atoms with van der Waals surface area (Å²) in [6.07, 6.45) is 3.63. The minimum atomic E-state index is -0.490. The van der Waals surface area contributed by atoms with Crippen LogP contribution in [0.1, 0.15) is 48.0 Å². The summed E-state index contributed by atoms with van der Waals surface area (Å²) in [5.74, 6) is -0.673. The summed E-state index contributed by atoms with van der Waals surface area (Å²) in [4.78, 5) is 35.9. The predicted molar refractivity (Wildman–Crippen MR) is 86.2 cm³/mol. The fourth-order valence-corrected chi connectivity index (χ4v) is 2.61. The van der Waals surface area contributed by atoms with Crippen molar-refractivity contribution in [3.05, 3.63) is 29.3 Å². The molecule has 1 aliphatic rings. The van der Waals surface area contributed by atoms with E-state index in [1.807, 2.05) is 0 Å². The second-order valence-electron chi connectivity index (χ2n) is 5.76. The molecule has 0 aromatic heterocycles. The SMILES string of the molecule is COC(=O)c1ccc2c(c1)NC(=O)CCCCC[C@H](N)C(=O)C2. The second-order valence-corrected chi connectivity index (χ2v) is 5.76. The molecule has 6 nitrogen and oxygen atoms in total. The lowest BCUT2D eigenvalue weighted by Gasteiger charge is -2.16. The van der Waals surface area contributed by atoms with Crippen molar-refractivity contribution in [2.24, 2.45) is 5.73 Å². The number of ether oxygens (including phenoxy) is 1. The van der Waals surface area contributed by atoms with Gasteiger partial charge >= 0.3 is 5.97 Å². The molecular weight excluding hydrogens is 296 g/mol. The molecule has 1 aliphatic heterocycles. The van der Waals surface area contributed by atoms with Crippen LogP contribution in [-0.4, -0.2) is 30.8 Å². The van der Waals surface area contributed by atoms with Crippen LogP contribution in [0.15, 0.2) is 18.2 Å². The average Bonchev–Trinajstić information content (AvgIpc) is 2.54. The molecular formula is C17H22N2O4. The van der Waals surface area contributed by atoms with Crippen molar-refractivity contribution >= 4 is 23.3 Å². The van der Waals surface area contributed by atoms with Crippen molar-refractivity contribution in [3.8, 4) is 0 Å². The van der Waals surface area contributed by atoms with Gasteiger partial charge < -0.3 is 15.8 Å². The number of nitrogens with two attached hydrogens (primary N) is 1. The van der Waals surface area contributed by atoms with E-state index in [9.17, 15) is 14.4 Å². The molecule has 0 saturated heterocycles. The van der Waals surface area contributed by atoms with Crippen LogP contribution in [0.2, 0.25) is 0 Å². The maximum absolute atomic E-state index is 12.2. The lowest BCUT2D eigenvalue weighted by Crippen LogP contribution is -2.32. The fraction of sp³-hybridized carbons (Fsp3) is 0.471. The summed E-state index contributed by atoms with van der Waals surface area (Å²) in [5, 5.41) is 2.79. The highest BCUT2D eigenvalue weighted by atomic mass is 16.5. The van der Waals surface area contributed by atoms with E-state index in [-0.39, 0.29) is 18.1 Å². The van der Waals surface area contributed by atoms with Crippen LogP contribution in [0.4, 0.5) is 5.69 Å². The first kappa shape index (κ1) is 17.1. The zero-order chi connectivity index (χ0) is 16.8. The van der Waals surface area contributed by atoms with Gasteiger partial charge in [-0.05, 0) is 30.5 Å². The Hall–Kier alpha value is -2.21. The summed E-state index contributed by atoms with van der Waals surface area (Å²) >= 11 is 0. The van der Waals surface area contributed by atoms with Crippen LogP contribution in [0.3, 0.4) is 0 Å². The highest BCUT2D eigenvalue weighted by Gasteiger charge is 2.19. The molecule has 1 heterocycles. The Morgan fingerprint density at radius 1 is 1.26 bits per heavy atom. The van der Waals surface area contributed by atoms with E-state index in [0.717, 1.165) is 19.3 Å². The van der Waals surface area contributed by atoms with Crippen molar-refractivity contribution in [1.82, 2.24) is 0 Å². The van der Waals surface area contributed by atoms with Gasteiger partial charge in [-0.25, -0.2) is 4.79 Å². The number of esters is 1. The molecule has 0 aliphatic carbocycles. The third-order valence-corrected chi connectivity index (χ3v) is 4.00. The summed E-state index contributed by atoms with van der Waals surface area (Å²) < 4.78 is 4.69. The van der Waals surface area contributed by atoms with Gasteiger partial charge in [-0.15, -0.1) is 0 Å². The molecule has 3 N–H and O–H groups in total. The summed E-state index contributed by atoms with van der Waals surface area (Å²) in [6.45, 7) is 0. The molecule has 1 aromatic carbocycles. The Bertz CT molecular complexity index is 613. The van der Waals surface area contributed by atoms with E-state index in [1.54, 1.807) is 18.2 Å². The number of carbonyl (C=O) groups is 3. The number of nitrogens with one attached hydrogen (secondary N) is 1. The van der Waals surface area contributed by atoms with Gasteiger partial charge in [-0.3, -0.25) is 9.59 Å². The first-order valence-electron chi connectivity index (χ1n) is 7.80. The number of anilines is 1. The molecule has 1 aromatic rings. The highest BCUT2D eigenvalue weighted by molar-refractivity contribution is 5.97. The molecule has 0 unspecified atom stereocenters. The van der Waals surface area contributed by atoms with Crippen molar-refractivity contribution in [2.75, 3.05) is 12.4 Å². The quantitative estimate of drug-likeness (QED) is 0.770. The van der Waals surface area contributed by atoms with Crippen LogP contribution in [0, 0.1) is 0 Å².